The molecule has 1 N–H and O–H groups in total. The van der Waals surface area contributed by atoms with Crippen molar-refractivity contribution in [3.63, 3.8) is 0 Å². The summed E-state index contributed by atoms with van der Waals surface area (Å²) < 4.78 is 8.71. The molecule has 0 bridgehead atoms. The summed E-state index contributed by atoms with van der Waals surface area (Å²) in [7, 11) is 0. The zero-order chi connectivity index (χ0) is 23.6. The van der Waals surface area contributed by atoms with Gasteiger partial charge in [0.05, 0.1) is 40.7 Å². The first kappa shape index (κ1) is 22.0. The van der Waals surface area contributed by atoms with Gasteiger partial charge in [0.25, 0.3) is 0 Å². The van der Waals surface area contributed by atoms with Gasteiger partial charge in [-0.25, -0.2) is 15.4 Å². The van der Waals surface area contributed by atoms with Gasteiger partial charge in [-0.3, -0.25) is 0 Å². The molecule has 0 unspecified atom stereocenters. The standard InChI is InChI=1S/C25H22ClN7OS/c26-18-7-5-17(6-8-18)16-33-21-4-2-1-3-19(21)28-22(33)15-27-31-25-29-20-9-14-35-23(20)24(30-25)32-10-12-34-13-11-32/h1-9,14-15H,10-13,16H2,(H,29,30,31)/b27-15+. The van der Waals surface area contributed by atoms with E-state index >= 15 is 0 Å². The van der Waals surface area contributed by atoms with Crippen LogP contribution in [0.1, 0.15) is 11.4 Å². The Hall–Kier alpha value is -3.53. The van der Waals surface area contributed by atoms with Crippen LogP contribution in [0.4, 0.5) is 11.8 Å². The second-order valence-corrected chi connectivity index (χ2v) is 9.50. The number of nitrogens with zero attached hydrogens (tertiary/aromatic N) is 6. The predicted octanol–water partition coefficient (Wildman–Crippen LogP) is 5.03. The summed E-state index contributed by atoms with van der Waals surface area (Å²) >= 11 is 7.72. The smallest absolute Gasteiger partial charge is 0.246 e. The number of benzene rings is 2. The molecule has 0 spiro atoms. The third-order valence-corrected chi connectivity index (χ3v) is 7.03. The van der Waals surface area contributed by atoms with Crippen LogP contribution in [-0.2, 0) is 11.3 Å². The van der Waals surface area contributed by atoms with Gasteiger partial charge in [0.1, 0.15) is 0 Å². The highest BCUT2D eigenvalue weighted by molar-refractivity contribution is 7.17. The lowest BCUT2D eigenvalue weighted by molar-refractivity contribution is 0.122. The Kier molecular flexibility index (Phi) is 6.03. The maximum Gasteiger partial charge on any atom is 0.246 e. The monoisotopic (exact) mass is 503 g/mol. The Morgan fingerprint density at radius 1 is 1.00 bits per heavy atom. The summed E-state index contributed by atoms with van der Waals surface area (Å²) in [5.41, 5.74) is 7.00. The van der Waals surface area contributed by atoms with Crippen LogP contribution in [0.15, 0.2) is 65.1 Å². The number of para-hydroxylation sites is 2. The van der Waals surface area contributed by atoms with Gasteiger partial charge in [-0.1, -0.05) is 35.9 Å². The number of anilines is 2. The molecule has 4 heterocycles. The summed E-state index contributed by atoms with van der Waals surface area (Å²) in [6.45, 7) is 3.66. The minimum absolute atomic E-state index is 0.453. The fourth-order valence-electron chi connectivity index (χ4n) is 4.17. The van der Waals surface area contributed by atoms with E-state index in [0.717, 1.165) is 51.5 Å². The molecule has 8 nitrogen and oxygen atoms in total. The number of hydrogen-bond acceptors (Lipinski definition) is 8. The first-order valence-electron chi connectivity index (χ1n) is 11.3. The van der Waals surface area contributed by atoms with Gasteiger partial charge >= 0.3 is 0 Å². The number of hydrazone groups is 1. The number of aromatic nitrogens is 4. The van der Waals surface area contributed by atoms with Crippen molar-refractivity contribution in [1.29, 1.82) is 0 Å². The molecule has 6 rings (SSSR count). The van der Waals surface area contributed by atoms with Crippen molar-refractivity contribution in [2.75, 3.05) is 36.6 Å². The summed E-state index contributed by atoms with van der Waals surface area (Å²) in [4.78, 5) is 16.4. The van der Waals surface area contributed by atoms with E-state index in [1.54, 1.807) is 17.6 Å². The Bertz CT molecular complexity index is 1510. The molecule has 10 heteroatoms. The zero-order valence-corrected chi connectivity index (χ0v) is 20.3. The number of thiophene rings is 1. The van der Waals surface area contributed by atoms with Gasteiger partial charge in [-0.2, -0.15) is 10.1 Å². The van der Waals surface area contributed by atoms with E-state index in [4.69, 9.17) is 26.3 Å². The van der Waals surface area contributed by atoms with Gasteiger partial charge < -0.3 is 14.2 Å². The highest BCUT2D eigenvalue weighted by atomic mass is 35.5. The molecule has 176 valence electrons. The first-order valence-corrected chi connectivity index (χ1v) is 12.6. The predicted molar refractivity (Wildman–Crippen MR) is 142 cm³/mol. The second kappa shape index (κ2) is 9.61. The van der Waals surface area contributed by atoms with Crippen molar-refractivity contribution < 1.29 is 4.74 Å². The van der Waals surface area contributed by atoms with Crippen molar-refractivity contribution in [1.82, 2.24) is 19.5 Å². The molecular formula is C25H22ClN7OS. The molecule has 2 aromatic carbocycles. The van der Waals surface area contributed by atoms with Gasteiger partial charge in [0.2, 0.25) is 5.95 Å². The summed E-state index contributed by atoms with van der Waals surface area (Å²) in [5.74, 6) is 2.11. The summed E-state index contributed by atoms with van der Waals surface area (Å²) in [5, 5.41) is 7.21. The van der Waals surface area contributed by atoms with Crippen LogP contribution in [0, 0.1) is 0 Å². The molecule has 5 aromatic rings. The molecule has 0 atom stereocenters. The molecule has 0 aliphatic carbocycles. The minimum atomic E-state index is 0.453. The van der Waals surface area contributed by atoms with Crippen molar-refractivity contribution in [2.24, 2.45) is 5.10 Å². The van der Waals surface area contributed by atoms with E-state index in [9.17, 15) is 0 Å². The average Bonchev–Trinajstić information content (AvgIpc) is 3.50. The molecule has 1 saturated heterocycles. The van der Waals surface area contributed by atoms with Crippen LogP contribution in [0.25, 0.3) is 21.3 Å². The molecular weight excluding hydrogens is 482 g/mol. The lowest BCUT2D eigenvalue weighted by Gasteiger charge is -2.28. The van der Waals surface area contributed by atoms with E-state index in [1.807, 2.05) is 53.9 Å². The van der Waals surface area contributed by atoms with Crippen LogP contribution in [-0.4, -0.2) is 52.0 Å². The molecule has 0 radical (unpaired) electrons. The molecule has 1 fully saturated rings. The molecule has 1 aliphatic rings. The van der Waals surface area contributed by atoms with Crippen LogP contribution >= 0.6 is 22.9 Å². The lowest BCUT2D eigenvalue weighted by Crippen LogP contribution is -2.36. The Morgan fingerprint density at radius 2 is 1.83 bits per heavy atom. The van der Waals surface area contributed by atoms with Crippen LogP contribution in [0.5, 0.6) is 0 Å². The number of halogens is 1. The number of hydrogen-bond donors (Lipinski definition) is 1. The zero-order valence-electron chi connectivity index (χ0n) is 18.8. The molecule has 1 aliphatic heterocycles. The van der Waals surface area contributed by atoms with Crippen LogP contribution in [0.3, 0.4) is 0 Å². The largest absolute Gasteiger partial charge is 0.378 e. The van der Waals surface area contributed by atoms with Gasteiger partial charge in [-0.05, 0) is 41.3 Å². The number of rotatable bonds is 6. The Balaban J connectivity index is 1.30. The van der Waals surface area contributed by atoms with Crippen molar-refractivity contribution in [3.05, 3.63) is 76.4 Å². The van der Waals surface area contributed by atoms with E-state index in [-0.39, 0.29) is 0 Å². The van der Waals surface area contributed by atoms with Crippen molar-refractivity contribution in [3.8, 4) is 0 Å². The normalized spacial score (nSPS) is 14.4. The van der Waals surface area contributed by atoms with Crippen molar-refractivity contribution in [2.45, 2.75) is 6.54 Å². The van der Waals surface area contributed by atoms with E-state index in [2.05, 4.69) is 31.0 Å². The fraction of sp³-hybridized carbons (Fsp3) is 0.200. The van der Waals surface area contributed by atoms with E-state index in [1.165, 1.54) is 0 Å². The number of ether oxygens (including phenoxy) is 1. The second-order valence-electron chi connectivity index (χ2n) is 8.15. The summed E-state index contributed by atoms with van der Waals surface area (Å²) in [6.07, 6.45) is 1.71. The fourth-order valence-corrected chi connectivity index (χ4v) is 5.14. The van der Waals surface area contributed by atoms with E-state index in [0.29, 0.717) is 30.7 Å². The maximum absolute atomic E-state index is 6.07. The SMILES string of the molecule is Clc1ccc(Cn2c(/C=N/Nc3nc(N4CCOCC4)c4sccc4n3)nc3ccccc32)cc1. The quantitative estimate of drug-likeness (QED) is 0.259. The maximum atomic E-state index is 6.07. The van der Waals surface area contributed by atoms with Gasteiger partial charge in [0, 0.05) is 24.7 Å². The highest BCUT2D eigenvalue weighted by Gasteiger charge is 2.18. The van der Waals surface area contributed by atoms with Crippen LogP contribution in [0.2, 0.25) is 5.02 Å². The lowest BCUT2D eigenvalue weighted by atomic mass is 10.2. The minimum Gasteiger partial charge on any atom is -0.378 e. The summed E-state index contributed by atoms with van der Waals surface area (Å²) in [6, 6.07) is 17.9. The Labute approximate surface area is 210 Å². The van der Waals surface area contributed by atoms with Gasteiger partial charge in [-0.15, -0.1) is 11.3 Å². The number of fused-ring (bicyclic) bond motifs is 2. The number of nitrogens with one attached hydrogen (secondary N) is 1. The highest BCUT2D eigenvalue weighted by Crippen LogP contribution is 2.30. The van der Waals surface area contributed by atoms with Crippen LogP contribution < -0.4 is 10.3 Å². The van der Waals surface area contributed by atoms with Crippen molar-refractivity contribution >= 4 is 62.2 Å². The van der Waals surface area contributed by atoms with Gasteiger partial charge in [0.15, 0.2) is 11.6 Å². The van der Waals surface area contributed by atoms with E-state index < -0.39 is 0 Å². The molecule has 0 saturated carbocycles. The number of morpholine rings is 1. The molecule has 3 aromatic heterocycles. The average molecular weight is 504 g/mol. The Morgan fingerprint density at radius 3 is 2.69 bits per heavy atom. The number of imidazole rings is 1. The third kappa shape index (κ3) is 4.58. The molecule has 35 heavy (non-hydrogen) atoms. The third-order valence-electron chi connectivity index (χ3n) is 5.88. The molecule has 0 amide bonds. The first-order chi connectivity index (χ1) is 17.2. The topological polar surface area (TPSA) is 80.5 Å².